The van der Waals surface area contributed by atoms with Crippen LogP contribution in [0.5, 0.6) is 5.88 Å². The molecule has 2 atom stereocenters. The van der Waals surface area contributed by atoms with Gasteiger partial charge in [-0.05, 0) is 80.6 Å². The van der Waals surface area contributed by atoms with E-state index in [2.05, 4.69) is 20.6 Å². The van der Waals surface area contributed by atoms with Crippen molar-refractivity contribution >= 4 is 69.6 Å². The van der Waals surface area contributed by atoms with Crippen LogP contribution in [0.4, 0.5) is 28.9 Å². The highest BCUT2D eigenvalue weighted by molar-refractivity contribution is 7.81. The fraction of sp³-hybridized carbons (Fsp3) is 0.438. The van der Waals surface area contributed by atoms with Gasteiger partial charge in [0.05, 0.1) is 65.1 Å². The fourth-order valence-corrected chi connectivity index (χ4v) is 9.43. The van der Waals surface area contributed by atoms with E-state index in [1.165, 1.54) is 42.0 Å². The summed E-state index contributed by atoms with van der Waals surface area (Å²) in [5.74, 6) is -5.06. The van der Waals surface area contributed by atoms with Gasteiger partial charge in [-0.15, -0.1) is 11.3 Å². The van der Waals surface area contributed by atoms with Crippen LogP contribution in [0, 0.1) is 29.5 Å². The van der Waals surface area contributed by atoms with Crippen LogP contribution in [0.15, 0.2) is 54.2 Å². The van der Waals surface area contributed by atoms with Crippen LogP contribution in [-0.2, 0) is 41.4 Å². The van der Waals surface area contributed by atoms with Crippen molar-refractivity contribution in [3.8, 4) is 22.4 Å². The highest BCUT2D eigenvalue weighted by Gasteiger charge is 2.52. The maximum absolute atomic E-state index is 15.5. The standard InChI is InChI=1S/C48H53F4N9O8S2/c1-27-38(71-26-57-27)29-12-10-28(11-13-29)23-55-41(64)34-9-7-16-59(34)43(65)39(46(2,3)4)58-35(62)25-68-20-19-67-17-8-18-69-42-32(40(54)63)21-31(24-56-42)61-45(70)60(44(66)47(61,5)6)33-15-14-30(22-53)36(37(33)49)48(50,51)52/h10-15,21,24,26,34,39H,7-9,16-20,23,25H2,1-6H3,(H2,54,63)(H,55,64)(H,58,62)/t34-,39+/m0/s1. The predicted molar refractivity (Wildman–Crippen MR) is 258 cm³/mol. The Morgan fingerprint density at radius 1 is 1.04 bits per heavy atom. The molecule has 71 heavy (non-hydrogen) atoms. The Morgan fingerprint density at radius 2 is 1.75 bits per heavy atom. The zero-order valence-corrected chi connectivity index (χ0v) is 41.4. The molecule has 4 N–H and O–H groups in total. The van der Waals surface area contributed by atoms with E-state index in [1.807, 2.05) is 52.0 Å². The number of primary amides is 1. The van der Waals surface area contributed by atoms with Gasteiger partial charge in [-0.2, -0.15) is 18.4 Å². The number of nitrogens with one attached hydrogen (secondary N) is 2. The van der Waals surface area contributed by atoms with E-state index >= 15 is 4.39 Å². The first-order valence-electron chi connectivity index (χ1n) is 22.4. The SMILES string of the molecule is Cc1ncsc1-c1ccc(CNC(=O)[C@@H]2CCCN2C(=O)[C@@H](NC(=O)COCCOCCCOc2ncc(N3C(=S)N(c4ccc(C#N)c(C(F)(F)F)c4F)C(=O)C3(C)C)cc2C(N)=O)C(C)(C)C)cc1. The summed E-state index contributed by atoms with van der Waals surface area (Å²) in [4.78, 5) is 79.4. The minimum atomic E-state index is -5.26. The Kier molecular flexibility index (Phi) is 16.8. The van der Waals surface area contributed by atoms with Gasteiger partial charge in [0, 0.05) is 26.1 Å². The number of aryl methyl sites for hydroxylation is 1. The Hall–Kier alpha value is -6.61. The number of nitrogens with two attached hydrogens (primary N) is 1. The lowest BCUT2D eigenvalue weighted by Gasteiger charge is -2.35. The number of carbonyl (C=O) groups is 5. The molecule has 0 bridgehead atoms. The van der Waals surface area contributed by atoms with Crippen molar-refractivity contribution in [2.45, 2.75) is 91.1 Å². The molecule has 2 aliphatic heterocycles. The quantitative estimate of drug-likeness (QED) is 0.0542. The molecule has 2 aliphatic rings. The summed E-state index contributed by atoms with van der Waals surface area (Å²) in [6, 6.07) is 10.4. The van der Waals surface area contributed by atoms with Crippen molar-refractivity contribution in [2.24, 2.45) is 11.1 Å². The number of alkyl halides is 3. The molecular formula is C48H53F4N9O8S2. The van der Waals surface area contributed by atoms with E-state index in [9.17, 15) is 42.4 Å². The average Bonchev–Trinajstić information content (AvgIpc) is 4.02. The molecule has 0 spiro atoms. The van der Waals surface area contributed by atoms with Gasteiger partial charge in [0.2, 0.25) is 23.6 Å². The first-order chi connectivity index (χ1) is 33.5. The number of carbonyl (C=O) groups excluding carboxylic acids is 5. The van der Waals surface area contributed by atoms with Gasteiger partial charge in [-0.25, -0.2) is 14.4 Å². The molecule has 2 fully saturated rings. The third-order valence-corrected chi connectivity index (χ3v) is 13.1. The number of hydrogen-bond donors (Lipinski definition) is 3. The number of aromatic nitrogens is 2. The van der Waals surface area contributed by atoms with Crippen molar-refractivity contribution in [2.75, 3.05) is 49.4 Å². The zero-order chi connectivity index (χ0) is 52.0. The van der Waals surface area contributed by atoms with Crippen LogP contribution in [0.3, 0.4) is 0 Å². The number of amides is 5. The Bertz CT molecular complexity index is 2720. The van der Waals surface area contributed by atoms with Gasteiger partial charge in [-0.1, -0.05) is 45.0 Å². The van der Waals surface area contributed by atoms with E-state index in [0.717, 1.165) is 33.8 Å². The molecule has 0 aliphatic carbocycles. The maximum Gasteiger partial charge on any atom is 0.420 e. The van der Waals surface area contributed by atoms with Gasteiger partial charge in [-0.3, -0.25) is 28.9 Å². The first kappa shape index (κ1) is 53.7. The number of likely N-dealkylation sites (tertiary alicyclic amines) is 1. The normalized spacial score (nSPS) is 16.2. The second kappa shape index (κ2) is 22.2. The molecule has 2 aromatic heterocycles. The molecule has 2 saturated heterocycles. The van der Waals surface area contributed by atoms with Crippen LogP contribution in [0.25, 0.3) is 10.4 Å². The van der Waals surface area contributed by atoms with Crippen molar-refractivity contribution in [1.29, 1.82) is 5.26 Å². The Labute approximate surface area is 416 Å². The molecule has 4 heterocycles. The number of thiazole rings is 1. The van der Waals surface area contributed by atoms with Crippen LogP contribution in [-0.4, -0.2) is 107 Å². The number of benzene rings is 2. The number of nitriles is 1. The summed E-state index contributed by atoms with van der Waals surface area (Å²) in [7, 11) is 0. The van der Waals surface area contributed by atoms with Crippen molar-refractivity contribution in [1.82, 2.24) is 25.5 Å². The molecule has 0 unspecified atom stereocenters. The topological polar surface area (TPSA) is 222 Å². The third kappa shape index (κ3) is 12.1. The van der Waals surface area contributed by atoms with Crippen LogP contribution in [0.1, 0.15) is 86.6 Å². The lowest BCUT2D eigenvalue weighted by molar-refractivity contribution is -0.144. The molecule has 5 amide bonds. The second-order valence-electron chi connectivity index (χ2n) is 18.3. The number of nitrogens with zero attached hydrogens (tertiary/aromatic N) is 6. The largest absolute Gasteiger partial charge is 0.477 e. The lowest BCUT2D eigenvalue weighted by atomic mass is 9.85. The van der Waals surface area contributed by atoms with Crippen molar-refractivity contribution in [3.63, 3.8) is 0 Å². The number of pyridine rings is 1. The van der Waals surface area contributed by atoms with Gasteiger partial charge < -0.3 is 40.4 Å². The summed E-state index contributed by atoms with van der Waals surface area (Å²) in [5.41, 5.74) is 4.18. The summed E-state index contributed by atoms with van der Waals surface area (Å²) in [6.45, 7) is 10.8. The third-order valence-electron chi connectivity index (χ3n) is 11.8. The van der Waals surface area contributed by atoms with E-state index in [1.54, 1.807) is 16.8 Å². The minimum Gasteiger partial charge on any atom is -0.477 e. The van der Waals surface area contributed by atoms with Gasteiger partial charge in [0.25, 0.3) is 11.8 Å². The van der Waals surface area contributed by atoms with Crippen molar-refractivity contribution < 1.29 is 55.7 Å². The van der Waals surface area contributed by atoms with Crippen molar-refractivity contribution in [3.05, 3.63) is 87.9 Å². The van der Waals surface area contributed by atoms with E-state index in [4.69, 9.17) is 32.2 Å². The first-order valence-corrected chi connectivity index (χ1v) is 23.7. The molecule has 4 aromatic rings. The minimum absolute atomic E-state index is 0.000844. The molecule has 378 valence electrons. The Morgan fingerprint density at radius 3 is 2.38 bits per heavy atom. The molecule has 23 heteroatoms. The number of thiocarbonyl (C=S) groups is 1. The summed E-state index contributed by atoms with van der Waals surface area (Å²) in [5, 5.41) is 14.5. The predicted octanol–water partition coefficient (Wildman–Crippen LogP) is 6.20. The summed E-state index contributed by atoms with van der Waals surface area (Å²) < 4.78 is 73.6. The Balaban J connectivity index is 0.941. The lowest BCUT2D eigenvalue weighted by Crippen LogP contribution is -2.58. The summed E-state index contributed by atoms with van der Waals surface area (Å²) in [6.07, 6.45) is -2.63. The number of anilines is 2. The molecule has 17 nitrogen and oxygen atoms in total. The molecular weight excluding hydrogens is 971 g/mol. The molecule has 0 saturated carbocycles. The molecule has 2 aromatic carbocycles. The second-order valence-corrected chi connectivity index (χ2v) is 19.5. The number of rotatable bonds is 19. The van der Waals surface area contributed by atoms with Gasteiger partial charge in [0.1, 0.15) is 35.4 Å². The van der Waals surface area contributed by atoms with Gasteiger partial charge in [0.15, 0.2) is 10.9 Å². The van der Waals surface area contributed by atoms with E-state index in [0.29, 0.717) is 37.3 Å². The molecule has 0 radical (unpaired) electrons. The van der Waals surface area contributed by atoms with Crippen LogP contribution in [0.2, 0.25) is 0 Å². The summed E-state index contributed by atoms with van der Waals surface area (Å²) >= 11 is 7.04. The number of halogens is 4. The van der Waals surface area contributed by atoms with E-state index in [-0.39, 0.29) is 62.0 Å². The van der Waals surface area contributed by atoms with E-state index < -0.39 is 74.7 Å². The average molecular weight is 1020 g/mol. The van der Waals surface area contributed by atoms with Gasteiger partial charge >= 0.3 is 6.18 Å². The fourth-order valence-electron chi connectivity index (χ4n) is 8.10. The molecule has 6 rings (SSSR count). The zero-order valence-electron chi connectivity index (χ0n) is 39.8. The smallest absolute Gasteiger partial charge is 0.420 e. The highest BCUT2D eigenvalue weighted by atomic mass is 32.1. The van der Waals surface area contributed by atoms with Crippen LogP contribution < -0.4 is 30.9 Å². The number of hydrogen-bond acceptors (Lipinski definition) is 13. The van der Waals surface area contributed by atoms with Crippen LogP contribution >= 0.6 is 23.6 Å². The highest BCUT2D eigenvalue weighted by Crippen LogP contribution is 2.42. The monoisotopic (exact) mass is 1020 g/mol. The number of ether oxygens (including phenoxy) is 3. The maximum atomic E-state index is 15.5.